The number of amides is 1. The summed E-state index contributed by atoms with van der Waals surface area (Å²) in [4.78, 5) is 12.2. The Hall–Kier alpha value is -3.11. The molecular formula is C20H15BrF2N4O2S. The normalized spacial score (nSPS) is 11.1. The number of furan rings is 1. The molecule has 1 amide bonds. The van der Waals surface area contributed by atoms with E-state index in [1.165, 1.54) is 6.07 Å². The largest absolute Gasteiger partial charge is 0.444 e. The first-order valence-electron chi connectivity index (χ1n) is 8.55. The lowest BCUT2D eigenvalue weighted by molar-refractivity contribution is 0.0995. The van der Waals surface area contributed by atoms with E-state index in [9.17, 15) is 13.6 Å². The van der Waals surface area contributed by atoms with E-state index in [0.29, 0.717) is 16.1 Å². The van der Waals surface area contributed by atoms with Gasteiger partial charge in [0.2, 0.25) is 0 Å². The van der Waals surface area contributed by atoms with Crippen LogP contribution in [0.1, 0.15) is 23.0 Å². The van der Waals surface area contributed by atoms with E-state index in [4.69, 9.17) is 16.6 Å². The third-order valence-corrected chi connectivity index (χ3v) is 4.46. The van der Waals surface area contributed by atoms with Crippen molar-refractivity contribution in [3.05, 3.63) is 82.2 Å². The smallest absolute Gasteiger partial charge is 0.291 e. The van der Waals surface area contributed by atoms with Gasteiger partial charge in [-0.25, -0.2) is 8.78 Å². The van der Waals surface area contributed by atoms with E-state index in [-0.39, 0.29) is 16.6 Å². The molecule has 30 heavy (non-hydrogen) atoms. The van der Waals surface area contributed by atoms with Gasteiger partial charge in [-0.15, -0.1) is 0 Å². The van der Waals surface area contributed by atoms with Gasteiger partial charge < -0.3 is 15.1 Å². The summed E-state index contributed by atoms with van der Waals surface area (Å²) in [6.45, 7) is 1.73. The van der Waals surface area contributed by atoms with Crippen molar-refractivity contribution in [2.75, 3.05) is 10.6 Å². The number of hydrogen-bond donors (Lipinski definition) is 3. The lowest BCUT2D eigenvalue weighted by Crippen LogP contribution is -2.25. The summed E-state index contributed by atoms with van der Waals surface area (Å²) in [7, 11) is 0. The van der Waals surface area contributed by atoms with Crippen LogP contribution in [0.2, 0.25) is 0 Å². The van der Waals surface area contributed by atoms with Crippen LogP contribution in [-0.2, 0) is 0 Å². The minimum atomic E-state index is -0.771. The van der Waals surface area contributed by atoms with Gasteiger partial charge in [-0.2, -0.15) is 5.10 Å². The molecule has 0 fully saturated rings. The molecule has 0 radical (unpaired) electrons. The fourth-order valence-electron chi connectivity index (χ4n) is 2.39. The molecule has 3 aromatic rings. The van der Waals surface area contributed by atoms with Crippen molar-refractivity contribution >= 4 is 56.3 Å². The number of rotatable bonds is 5. The van der Waals surface area contributed by atoms with Gasteiger partial charge in [0.05, 0.1) is 11.4 Å². The number of anilines is 2. The summed E-state index contributed by atoms with van der Waals surface area (Å²) in [5.74, 6) is -1.68. The van der Waals surface area contributed by atoms with Crippen LogP contribution in [0.3, 0.4) is 0 Å². The second-order valence-corrected chi connectivity index (χ2v) is 7.22. The van der Waals surface area contributed by atoms with Crippen molar-refractivity contribution in [1.82, 2.24) is 5.43 Å². The van der Waals surface area contributed by atoms with Gasteiger partial charge in [0.1, 0.15) is 11.6 Å². The van der Waals surface area contributed by atoms with E-state index in [2.05, 4.69) is 37.1 Å². The Labute approximate surface area is 184 Å². The maximum atomic E-state index is 13.7. The molecule has 0 aliphatic heterocycles. The van der Waals surface area contributed by atoms with Crippen LogP contribution in [0, 0.1) is 11.6 Å². The second kappa shape index (κ2) is 9.59. The van der Waals surface area contributed by atoms with Crippen LogP contribution in [-0.4, -0.2) is 16.7 Å². The van der Waals surface area contributed by atoms with E-state index < -0.39 is 17.5 Å². The Morgan fingerprint density at radius 3 is 2.60 bits per heavy atom. The standard InChI is InChI=1S/C20H15BrF2N4O2S/c1-11(26-27-20(30)25-16-6-5-13(22)10-15(16)23)12-3-2-4-14(9-12)24-19(28)17-7-8-18(21)29-17/h2-10H,1H3,(H,24,28)(H2,25,27,30)/b26-11-. The van der Waals surface area contributed by atoms with Gasteiger partial charge in [-0.1, -0.05) is 12.1 Å². The average molecular weight is 493 g/mol. The number of hydrazone groups is 1. The maximum absolute atomic E-state index is 13.7. The molecule has 0 atom stereocenters. The SMILES string of the molecule is C/C(=N/NC(=S)Nc1ccc(F)cc1F)c1cccc(NC(=O)c2ccc(Br)o2)c1. The van der Waals surface area contributed by atoms with Crippen LogP contribution in [0.15, 0.2) is 68.8 Å². The highest BCUT2D eigenvalue weighted by Gasteiger charge is 2.11. The number of carbonyl (C=O) groups is 1. The topological polar surface area (TPSA) is 78.7 Å². The molecule has 1 heterocycles. The number of nitrogens with zero attached hydrogens (tertiary/aromatic N) is 1. The van der Waals surface area contributed by atoms with Crippen molar-refractivity contribution in [3.8, 4) is 0 Å². The molecule has 0 saturated heterocycles. The molecule has 1 aromatic heterocycles. The summed E-state index contributed by atoms with van der Waals surface area (Å²) >= 11 is 8.23. The zero-order valence-electron chi connectivity index (χ0n) is 15.5. The minimum Gasteiger partial charge on any atom is -0.444 e. The second-order valence-electron chi connectivity index (χ2n) is 6.03. The number of benzene rings is 2. The molecule has 0 spiro atoms. The summed E-state index contributed by atoms with van der Waals surface area (Å²) in [6.07, 6.45) is 0. The fraction of sp³-hybridized carbons (Fsp3) is 0.0500. The monoisotopic (exact) mass is 492 g/mol. The van der Waals surface area contributed by atoms with Gasteiger partial charge in [0.15, 0.2) is 15.5 Å². The number of thiocarbonyl (C=S) groups is 1. The van der Waals surface area contributed by atoms with Crippen LogP contribution in [0.25, 0.3) is 0 Å². The molecular weight excluding hydrogens is 478 g/mol. The Morgan fingerprint density at radius 2 is 1.90 bits per heavy atom. The highest BCUT2D eigenvalue weighted by Crippen LogP contribution is 2.17. The highest BCUT2D eigenvalue weighted by molar-refractivity contribution is 9.10. The van der Waals surface area contributed by atoms with Crippen LogP contribution in [0.5, 0.6) is 0 Å². The summed E-state index contributed by atoms with van der Waals surface area (Å²) in [6, 6.07) is 13.3. The molecule has 0 bridgehead atoms. The van der Waals surface area contributed by atoms with Gasteiger partial charge >= 0.3 is 0 Å². The first-order valence-corrected chi connectivity index (χ1v) is 9.75. The highest BCUT2D eigenvalue weighted by atomic mass is 79.9. The van der Waals surface area contributed by atoms with Gasteiger partial charge in [-0.05, 0) is 77.0 Å². The van der Waals surface area contributed by atoms with Gasteiger partial charge in [0.25, 0.3) is 5.91 Å². The van der Waals surface area contributed by atoms with Crippen molar-refractivity contribution < 1.29 is 18.0 Å². The summed E-state index contributed by atoms with van der Waals surface area (Å²) in [5.41, 5.74) is 4.46. The molecule has 3 rings (SSSR count). The molecule has 6 nitrogen and oxygen atoms in total. The predicted molar refractivity (Wildman–Crippen MR) is 119 cm³/mol. The molecule has 2 aromatic carbocycles. The summed E-state index contributed by atoms with van der Waals surface area (Å²) < 4.78 is 32.3. The fourth-order valence-corrected chi connectivity index (χ4v) is 2.85. The van der Waals surface area contributed by atoms with E-state index in [1.54, 1.807) is 43.3 Å². The molecule has 3 N–H and O–H groups in total. The van der Waals surface area contributed by atoms with Crippen molar-refractivity contribution in [3.63, 3.8) is 0 Å². The molecule has 154 valence electrons. The van der Waals surface area contributed by atoms with Crippen molar-refractivity contribution in [2.24, 2.45) is 5.10 Å². The predicted octanol–water partition coefficient (Wildman–Crippen LogP) is 5.28. The minimum absolute atomic E-state index is 0.0241. The third-order valence-electron chi connectivity index (χ3n) is 3.84. The quantitative estimate of drug-likeness (QED) is 0.256. The first-order chi connectivity index (χ1) is 14.3. The number of nitrogens with one attached hydrogen (secondary N) is 3. The van der Waals surface area contributed by atoms with E-state index in [0.717, 1.165) is 17.7 Å². The lowest BCUT2D eigenvalue weighted by Gasteiger charge is -2.10. The van der Waals surface area contributed by atoms with Crippen LogP contribution >= 0.6 is 28.1 Å². The zero-order valence-corrected chi connectivity index (χ0v) is 17.9. The van der Waals surface area contributed by atoms with E-state index >= 15 is 0 Å². The Bertz CT molecular complexity index is 1130. The average Bonchev–Trinajstić information content (AvgIpc) is 3.15. The Morgan fingerprint density at radius 1 is 1.10 bits per heavy atom. The molecule has 0 unspecified atom stereocenters. The lowest BCUT2D eigenvalue weighted by atomic mass is 10.1. The van der Waals surface area contributed by atoms with Gasteiger partial charge in [0, 0.05) is 11.8 Å². The van der Waals surface area contributed by atoms with Crippen LogP contribution < -0.4 is 16.1 Å². The molecule has 10 heteroatoms. The summed E-state index contributed by atoms with van der Waals surface area (Å²) in [5, 5.41) is 9.52. The Kier molecular flexibility index (Phi) is 6.91. The maximum Gasteiger partial charge on any atom is 0.291 e. The molecule has 0 aliphatic rings. The first kappa shape index (κ1) is 21.6. The van der Waals surface area contributed by atoms with Crippen molar-refractivity contribution in [1.29, 1.82) is 0 Å². The zero-order chi connectivity index (χ0) is 21.7. The molecule has 0 saturated carbocycles. The number of hydrogen-bond acceptors (Lipinski definition) is 4. The Balaban J connectivity index is 1.63. The molecule has 0 aliphatic carbocycles. The third kappa shape index (κ3) is 5.71. The van der Waals surface area contributed by atoms with Crippen molar-refractivity contribution in [2.45, 2.75) is 6.92 Å². The number of halogens is 3. The van der Waals surface area contributed by atoms with Crippen LogP contribution in [0.4, 0.5) is 20.2 Å². The van der Waals surface area contributed by atoms with E-state index in [1.807, 2.05) is 0 Å². The van der Waals surface area contributed by atoms with Gasteiger partial charge in [-0.3, -0.25) is 10.2 Å². The number of carbonyl (C=O) groups excluding carboxylic acids is 1.